The summed E-state index contributed by atoms with van der Waals surface area (Å²) >= 11 is 0. The van der Waals surface area contributed by atoms with Gasteiger partial charge in [0.05, 0.1) is 24.8 Å². The highest BCUT2D eigenvalue weighted by Crippen LogP contribution is 2.40. The van der Waals surface area contributed by atoms with Gasteiger partial charge in [0.1, 0.15) is 0 Å². The first-order chi connectivity index (χ1) is 15.0. The average Bonchev–Trinajstić information content (AvgIpc) is 3.22. The SMILES string of the molecule is CCOC(=O)[C@H]1C[C@H]1CN(Cc1cc(C)n(C)n1)C(=O)c1ncoc1-c1ccccc1. The third-order valence-corrected chi connectivity index (χ3v) is 5.58. The van der Waals surface area contributed by atoms with Gasteiger partial charge in [-0.3, -0.25) is 14.3 Å². The fraction of sp³-hybridized carbons (Fsp3) is 0.391. The second-order valence-corrected chi connectivity index (χ2v) is 7.84. The van der Waals surface area contributed by atoms with Crippen molar-refractivity contribution in [3.05, 3.63) is 59.9 Å². The number of rotatable bonds is 8. The number of ether oxygens (including phenoxy) is 1. The molecule has 2 heterocycles. The monoisotopic (exact) mass is 422 g/mol. The summed E-state index contributed by atoms with van der Waals surface area (Å²) in [5, 5.41) is 4.49. The molecule has 0 unspecified atom stereocenters. The standard InChI is InChI=1S/C23H26N4O4/c1-4-30-23(29)19-11-17(19)12-27(13-18-10-15(2)26(3)25-18)22(28)20-21(31-14-24-20)16-8-6-5-7-9-16/h5-10,14,17,19H,4,11-13H2,1-3H3/t17-,19-/m0/s1. The quantitative estimate of drug-likeness (QED) is 0.518. The van der Waals surface area contributed by atoms with E-state index in [0.29, 0.717) is 31.9 Å². The first-order valence-corrected chi connectivity index (χ1v) is 10.4. The molecule has 1 aliphatic rings. The third kappa shape index (κ3) is 4.52. The molecule has 0 aliphatic heterocycles. The maximum atomic E-state index is 13.5. The number of esters is 1. The van der Waals surface area contributed by atoms with Crippen LogP contribution in [0.2, 0.25) is 0 Å². The van der Waals surface area contributed by atoms with E-state index in [0.717, 1.165) is 17.0 Å². The Bertz CT molecular complexity index is 1050. The number of hydrogen-bond donors (Lipinski definition) is 0. The Kier molecular flexibility index (Phi) is 5.88. The minimum atomic E-state index is -0.245. The number of amides is 1. The topological polar surface area (TPSA) is 90.5 Å². The minimum Gasteiger partial charge on any atom is -0.466 e. The van der Waals surface area contributed by atoms with E-state index in [9.17, 15) is 9.59 Å². The lowest BCUT2D eigenvalue weighted by Gasteiger charge is -2.21. The van der Waals surface area contributed by atoms with Gasteiger partial charge in [0.2, 0.25) is 0 Å². The second-order valence-electron chi connectivity index (χ2n) is 7.84. The zero-order valence-electron chi connectivity index (χ0n) is 17.9. The van der Waals surface area contributed by atoms with Crippen LogP contribution >= 0.6 is 0 Å². The summed E-state index contributed by atoms with van der Waals surface area (Å²) in [6, 6.07) is 11.4. The van der Waals surface area contributed by atoms with Gasteiger partial charge in [0.25, 0.3) is 5.91 Å². The van der Waals surface area contributed by atoms with Gasteiger partial charge in [-0.1, -0.05) is 30.3 Å². The largest absolute Gasteiger partial charge is 0.466 e. The molecule has 3 aromatic rings. The molecule has 4 rings (SSSR count). The fourth-order valence-electron chi connectivity index (χ4n) is 3.74. The van der Waals surface area contributed by atoms with Gasteiger partial charge in [-0.15, -0.1) is 0 Å². The molecule has 162 valence electrons. The van der Waals surface area contributed by atoms with Crippen LogP contribution in [0.5, 0.6) is 0 Å². The highest BCUT2D eigenvalue weighted by molar-refractivity contribution is 5.97. The maximum Gasteiger partial charge on any atom is 0.309 e. The van der Waals surface area contributed by atoms with Gasteiger partial charge < -0.3 is 14.1 Å². The van der Waals surface area contributed by atoms with Crippen molar-refractivity contribution in [2.24, 2.45) is 18.9 Å². The number of carbonyl (C=O) groups excluding carboxylic acids is 2. The van der Waals surface area contributed by atoms with Crippen molar-refractivity contribution in [3.8, 4) is 11.3 Å². The van der Waals surface area contributed by atoms with Crippen molar-refractivity contribution in [1.29, 1.82) is 0 Å². The van der Waals surface area contributed by atoms with Crippen LogP contribution in [0.3, 0.4) is 0 Å². The molecule has 0 N–H and O–H groups in total. The molecule has 8 heteroatoms. The molecule has 1 fully saturated rings. The molecule has 8 nitrogen and oxygen atoms in total. The highest BCUT2D eigenvalue weighted by atomic mass is 16.5. The van der Waals surface area contributed by atoms with Crippen molar-refractivity contribution in [2.75, 3.05) is 13.2 Å². The summed E-state index contributed by atoms with van der Waals surface area (Å²) in [6.07, 6.45) is 2.01. The molecule has 0 radical (unpaired) electrons. The van der Waals surface area contributed by atoms with E-state index in [1.807, 2.05) is 50.4 Å². The fourth-order valence-corrected chi connectivity index (χ4v) is 3.74. The molecule has 0 saturated heterocycles. The van der Waals surface area contributed by atoms with Gasteiger partial charge in [0.15, 0.2) is 17.8 Å². The molecule has 31 heavy (non-hydrogen) atoms. The van der Waals surface area contributed by atoms with Crippen molar-refractivity contribution in [3.63, 3.8) is 0 Å². The summed E-state index contributed by atoms with van der Waals surface area (Å²) in [6.45, 7) is 4.87. The van der Waals surface area contributed by atoms with Crippen LogP contribution in [0.1, 0.15) is 35.2 Å². The molecule has 2 atom stereocenters. The molecule has 0 spiro atoms. The number of carbonyl (C=O) groups is 2. The summed E-state index contributed by atoms with van der Waals surface area (Å²) in [5.74, 6) is -0.0949. The molecular formula is C23H26N4O4. The number of hydrogen-bond acceptors (Lipinski definition) is 6. The predicted octanol–water partition coefficient (Wildman–Crippen LogP) is 3.23. The zero-order chi connectivity index (χ0) is 22.0. The lowest BCUT2D eigenvalue weighted by Crippen LogP contribution is -2.34. The summed E-state index contributed by atoms with van der Waals surface area (Å²) in [7, 11) is 1.87. The van der Waals surface area contributed by atoms with Crippen molar-refractivity contribution < 1.29 is 18.7 Å². The predicted molar refractivity (Wildman–Crippen MR) is 113 cm³/mol. The van der Waals surface area contributed by atoms with Crippen LogP contribution in [0.25, 0.3) is 11.3 Å². The summed E-state index contributed by atoms with van der Waals surface area (Å²) in [4.78, 5) is 31.5. The normalized spacial score (nSPS) is 17.4. The molecule has 1 aromatic carbocycles. The highest BCUT2D eigenvalue weighted by Gasteiger charge is 2.46. The van der Waals surface area contributed by atoms with E-state index < -0.39 is 0 Å². The Morgan fingerprint density at radius 2 is 2.06 bits per heavy atom. The zero-order valence-corrected chi connectivity index (χ0v) is 17.9. The van der Waals surface area contributed by atoms with Gasteiger partial charge >= 0.3 is 5.97 Å². The molecule has 1 saturated carbocycles. The number of nitrogens with zero attached hydrogens (tertiary/aromatic N) is 4. The lowest BCUT2D eigenvalue weighted by atomic mass is 10.1. The van der Waals surface area contributed by atoms with Crippen LogP contribution in [0.15, 0.2) is 47.2 Å². The lowest BCUT2D eigenvalue weighted by molar-refractivity contribution is -0.145. The Hall–Kier alpha value is -3.42. The van der Waals surface area contributed by atoms with E-state index in [2.05, 4.69) is 10.1 Å². The van der Waals surface area contributed by atoms with Crippen molar-refractivity contribution >= 4 is 11.9 Å². The van der Waals surface area contributed by atoms with E-state index >= 15 is 0 Å². The molecular weight excluding hydrogens is 396 g/mol. The molecule has 2 aromatic heterocycles. The smallest absolute Gasteiger partial charge is 0.309 e. The van der Waals surface area contributed by atoms with E-state index in [-0.39, 0.29) is 29.4 Å². The Labute approximate surface area is 180 Å². The van der Waals surface area contributed by atoms with Crippen LogP contribution < -0.4 is 0 Å². The van der Waals surface area contributed by atoms with E-state index in [4.69, 9.17) is 9.15 Å². The van der Waals surface area contributed by atoms with Gasteiger partial charge in [-0.05, 0) is 32.3 Å². The Morgan fingerprint density at radius 1 is 1.29 bits per heavy atom. The number of aryl methyl sites for hydroxylation is 2. The number of aromatic nitrogens is 3. The first-order valence-electron chi connectivity index (χ1n) is 10.4. The van der Waals surface area contributed by atoms with Crippen molar-refractivity contribution in [2.45, 2.75) is 26.8 Å². The third-order valence-electron chi connectivity index (χ3n) is 5.58. The minimum absolute atomic E-state index is 0.0693. The summed E-state index contributed by atoms with van der Waals surface area (Å²) in [5.41, 5.74) is 2.83. The number of benzene rings is 1. The number of oxazole rings is 1. The first kappa shape index (κ1) is 20.8. The van der Waals surface area contributed by atoms with Crippen molar-refractivity contribution in [1.82, 2.24) is 19.7 Å². The Balaban J connectivity index is 1.58. The van der Waals surface area contributed by atoms with Crippen LogP contribution in [0, 0.1) is 18.8 Å². The van der Waals surface area contributed by atoms with Crippen LogP contribution in [-0.2, 0) is 23.1 Å². The van der Waals surface area contributed by atoms with Crippen LogP contribution in [0.4, 0.5) is 0 Å². The maximum absolute atomic E-state index is 13.5. The van der Waals surface area contributed by atoms with Gasteiger partial charge in [-0.2, -0.15) is 5.10 Å². The second kappa shape index (κ2) is 8.75. The van der Waals surface area contributed by atoms with E-state index in [1.165, 1.54) is 6.39 Å². The van der Waals surface area contributed by atoms with Gasteiger partial charge in [-0.25, -0.2) is 4.98 Å². The Morgan fingerprint density at radius 3 is 2.74 bits per heavy atom. The van der Waals surface area contributed by atoms with Gasteiger partial charge in [0, 0.05) is 24.8 Å². The summed E-state index contributed by atoms with van der Waals surface area (Å²) < 4.78 is 12.5. The van der Waals surface area contributed by atoms with E-state index in [1.54, 1.807) is 16.5 Å². The molecule has 0 bridgehead atoms. The molecule has 1 amide bonds. The molecule has 1 aliphatic carbocycles. The average molecular weight is 422 g/mol. The van der Waals surface area contributed by atoms with Crippen LogP contribution in [-0.4, -0.2) is 44.7 Å².